The molecule has 136 valence electrons. The predicted molar refractivity (Wildman–Crippen MR) is 94.9 cm³/mol. The van der Waals surface area contributed by atoms with Crippen LogP contribution in [0.25, 0.3) is 0 Å². The molecule has 8 heteroatoms. The van der Waals surface area contributed by atoms with Gasteiger partial charge in [-0.3, -0.25) is 9.58 Å². The number of rotatable bonds is 5. The Morgan fingerprint density at radius 2 is 1.88 bits per heavy atom. The Morgan fingerprint density at radius 3 is 2.52 bits per heavy atom. The van der Waals surface area contributed by atoms with Crippen molar-refractivity contribution in [1.82, 2.24) is 19.0 Å². The molecule has 0 spiro atoms. The van der Waals surface area contributed by atoms with Crippen molar-refractivity contribution in [3.05, 3.63) is 42.2 Å². The molecule has 0 bridgehead atoms. The van der Waals surface area contributed by atoms with Gasteiger partial charge < -0.3 is 4.74 Å². The van der Waals surface area contributed by atoms with Gasteiger partial charge in [0.25, 0.3) is 0 Å². The van der Waals surface area contributed by atoms with Gasteiger partial charge in [0, 0.05) is 39.4 Å². The third kappa shape index (κ3) is 4.20. The van der Waals surface area contributed by atoms with E-state index in [9.17, 15) is 8.42 Å². The summed E-state index contributed by atoms with van der Waals surface area (Å²) in [6, 6.07) is 8.00. The summed E-state index contributed by atoms with van der Waals surface area (Å²) in [6.45, 7) is 3.44. The molecule has 1 saturated heterocycles. The number of ether oxygens (including phenoxy) is 1. The lowest BCUT2D eigenvalue weighted by molar-refractivity contribution is 0.278. The third-order valence-corrected chi connectivity index (χ3v) is 6.28. The second-order valence-electron chi connectivity index (χ2n) is 6.23. The molecule has 0 N–H and O–H groups in total. The summed E-state index contributed by atoms with van der Waals surface area (Å²) >= 11 is 0. The van der Waals surface area contributed by atoms with Gasteiger partial charge in [-0.2, -0.15) is 9.40 Å². The van der Waals surface area contributed by atoms with E-state index in [-0.39, 0.29) is 4.90 Å². The van der Waals surface area contributed by atoms with E-state index in [0.717, 1.165) is 25.3 Å². The van der Waals surface area contributed by atoms with E-state index >= 15 is 0 Å². The second kappa shape index (κ2) is 7.55. The van der Waals surface area contributed by atoms with Crippen molar-refractivity contribution in [2.75, 3.05) is 33.3 Å². The molecule has 0 atom stereocenters. The van der Waals surface area contributed by atoms with Crippen LogP contribution in [0.3, 0.4) is 0 Å². The molecule has 7 nitrogen and oxygen atoms in total. The monoisotopic (exact) mass is 364 g/mol. The molecule has 3 rings (SSSR count). The highest BCUT2D eigenvalue weighted by Gasteiger charge is 2.27. The maximum absolute atomic E-state index is 12.7. The van der Waals surface area contributed by atoms with Gasteiger partial charge in [-0.1, -0.05) is 12.1 Å². The lowest BCUT2D eigenvalue weighted by Crippen LogP contribution is -2.35. The van der Waals surface area contributed by atoms with Gasteiger partial charge in [0.2, 0.25) is 10.0 Å². The Kier molecular flexibility index (Phi) is 5.41. The second-order valence-corrected chi connectivity index (χ2v) is 8.17. The molecule has 0 aliphatic carbocycles. The molecule has 0 radical (unpaired) electrons. The minimum Gasteiger partial charge on any atom is -0.497 e. The normalized spacial score (nSPS) is 17.4. The lowest BCUT2D eigenvalue weighted by atomic mass is 10.2. The Hall–Kier alpha value is -1.90. The zero-order valence-electron chi connectivity index (χ0n) is 14.6. The Morgan fingerprint density at radius 1 is 1.12 bits per heavy atom. The van der Waals surface area contributed by atoms with Crippen LogP contribution in [-0.4, -0.2) is 60.7 Å². The van der Waals surface area contributed by atoms with E-state index in [1.165, 1.54) is 16.4 Å². The summed E-state index contributed by atoms with van der Waals surface area (Å²) in [5.41, 5.74) is 1.20. The fraction of sp³-hybridized carbons (Fsp3) is 0.471. The topological polar surface area (TPSA) is 67.7 Å². The Balaban J connectivity index is 1.63. The van der Waals surface area contributed by atoms with Crippen molar-refractivity contribution in [3.63, 3.8) is 0 Å². The number of benzene rings is 1. The maximum Gasteiger partial charge on any atom is 0.246 e. The van der Waals surface area contributed by atoms with E-state index in [0.29, 0.717) is 19.6 Å². The fourth-order valence-electron chi connectivity index (χ4n) is 3.02. The molecule has 0 saturated carbocycles. The highest BCUT2D eigenvalue weighted by Crippen LogP contribution is 2.18. The fourth-order valence-corrected chi connectivity index (χ4v) is 4.47. The standard InChI is InChI=1S/C17H24N4O3S/c1-19-14-17(12-18-19)25(22,23)21-9-3-8-20(10-11-21)13-15-4-6-16(24-2)7-5-15/h4-7,12,14H,3,8-11,13H2,1-2H3. The molecular formula is C17H24N4O3S. The van der Waals surface area contributed by atoms with Gasteiger partial charge >= 0.3 is 0 Å². The molecule has 1 aliphatic rings. The van der Waals surface area contributed by atoms with Gasteiger partial charge in [0.15, 0.2) is 0 Å². The first-order chi connectivity index (χ1) is 12.0. The van der Waals surface area contributed by atoms with Gasteiger partial charge in [-0.25, -0.2) is 8.42 Å². The summed E-state index contributed by atoms with van der Waals surface area (Å²) in [7, 11) is -0.0889. The number of hydrogen-bond donors (Lipinski definition) is 0. The minimum atomic E-state index is -3.46. The number of sulfonamides is 1. The van der Waals surface area contributed by atoms with Gasteiger partial charge in [0.1, 0.15) is 10.6 Å². The summed E-state index contributed by atoms with van der Waals surface area (Å²) in [6.07, 6.45) is 3.78. The van der Waals surface area contributed by atoms with E-state index in [1.54, 1.807) is 24.7 Å². The van der Waals surface area contributed by atoms with Gasteiger partial charge in [-0.15, -0.1) is 0 Å². The van der Waals surface area contributed by atoms with Crippen LogP contribution in [0.2, 0.25) is 0 Å². The van der Waals surface area contributed by atoms with E-state index in [1.807, 2.05) is 24.3 Å². The molecule has 0 unspecified atom stereocenters. The van der Waals surface area contributed by atoms with Crippen molar-refractivity contribution in [2.24, 2.45) is 7.05 Å². The van der Waals surface area contributed by atoms with Crippen molar-refractivity contribution >= 4 is 10.0 Å². The number of aryl methyl sites for hydroxylation is 1. The largest absolute Gasteiger partial charge is 0.497 e. The van der Waals surface area contributed by atoms with Crippen molar-refractivity contribution in [2.45, 2.75) is 17.9 Å². The van der Waals surface area contributed by atoms with Crippen LogP contribution in [0.5, 0.6) is 5.75 Å². The van der Waals surface area contributed by atoms with Gasteiger partial charge in [-0.05, 0) is 30.7 Å². The first kappa shape index (κ1) is 17.9. The zero-order chi connectivity index (χ0) is 17.9. The van der Waals surface area contributed by atoms with E-state index < -0.39 is 10.0 Å². The molecule has 1 aromatic carbocycles. The summed E-state index contributed by atoms with van der Waals surface area (Å²) in [5.74, 6) is 0.841. The first-order valence-electron chi connectivity index (χ1n) is 8.33. The van der Waals surface area contributed by atoms with Gasteiger partial charge in [0.05, 0.1) is 13.3 Å². The summed E-state index contributed by atoms with van der Waals surface area (Å²) in [5, 5.41) is 3.98. The van der Waals surface area contributed by atoms with Crippen LogP contribution in [0.4, 0.5) is 0 Å². The van der Waals surface area contributed by atoms with Crippen molar-refractivity contribution in [1.29, 1.82) is 0 Å². The highest BCUT2D eigenvalue weighted by atomic mass is 32.2. The zero-order valence-corrected chi connectivity index (χ0v) is 15.4. The Labute approximate surface area is 148 Å². The smallest absolute Gasteiger partial charge is 0.246 e. The number of nitrogens with zero attached hydrogens (tertiary/aromatic N) is 4. The predicted octanol–water partition coefficient (Wildman–Crippen LogP) is 1.33. The molecule has 0 amide bonds. The summed E-state index contributed by atoms with van der Waals surface area (Å²) in [4.78, 5) is 2.55. The number of hydrogen-bond acceptors (Lipinski definition) is 5. The molecule has 25 heavy (non-hydrogen) atoms. The van der Waals surface area contributed by atoms with Crippen LogP contribution in [0.15, 0.2) is 41.6 Å². The van der Waals surface area contributed by atoms with Crippen LogP contribution < -0.4 is 4.74 Å². The maximum atomic E-state index is 12.7. The Bertz CT molecular complexity index is 802. The lowest BCUT2D eigenvalue weighted by Gasteiger charge is -2.21. The van der Waals surface area contributed by atoms with Crippen molar-refractivity contribution in [3.8, 4) is 5.75 Å². The van der Waals surface area contributed by atoms with E-state index in [2.05, 4.69) is 10.00 Å². The number of methoxy groups -OCH3 is 1. The third-order valence-electron chi connectivity index (χ3n) is 4.43. The molecule has 1 aromatic heterocycles. The number of aromatic nitrogens is 2. The van der Waals surface area contributed by atoms with E-state index in [4.69, 9.17) is 4.74 Å². The average molecular weight is 364 g/mol. The SMILES string of the molecule is COc1ccc(CN2CCCN(S(=O)(=O)c3cnn(C)c3)CC2)cc1. The molecular weight excluding hydrogens is 340 g/mol. The summed E-state index contributed by atoms with van der Waals surface area (Å²) < 4.78 is 33.7. The van der Waals surface area contributed by atoms with Crippen LogP contribution >= 0.6 is 0 Å². The van der Waals surface area contributed by atoms with Crippen LogP contribution in [-0.2, 0) is 23.6 Å². The quantitative estimate of drug-likeness (QED) is 0.801. The van der Waals surface area contributed by atoms with Crippen LogP contribution in [0.1, 0.15) is 12.0 Å². The average Bonchev–Trinajstić information content (AvgIpc) is 2.91. The minimum absolute atomic E-state index is 0.263. The first-order valence-corrected chi connectivity index (χ1v) is 9.77. The molecule has 2 heterocycles. The molecule has 1 aliphatic heterocycles. The molecule has 1 fully saturated rings. The van der Waals surface area contributed by atoms with Crippen molar-refractivity contribution < 1.29 is 13.2 Å². The van der Waals surface area contributed by atoms with Crippen LogP contribution in [0, 0.1) is 0 Å². The molecule has 2 aromatic rings. The highest BCUT2D eigenvalue weighted by molar-refractivity contribution is 7.89.